The molecule has 0 saturated carbocycles. The number of carbonyl (C=O) groups excluding carboxylic acids is 1. The van der Waals surface area contributed by atoms with Gasteiger partial charge in [-0.15, -0.1) is 0 Å². The second kappa shape index (κ2) is 7.23. The Labute approximate surface area is 147 Å². The maximum atomic E-state index is 13.6. The van der Waals surface area contributed by atoms with E-state index in [2.05, 4.69) is 0 Å². The van der Waals surface area contributed by atoms with E-state index in [0.717, 1.165) is 23.1 Å². The summed E-state index contributed by atoms with van der Waals surface area (Å²) in [4.78, 5) is 14.9. The molecule has 4 nitrogen and oxygen atoms in total. The summed E-state index contributed by atoms with van der Waals surface area (Å²) in [5, 5.41) is 0. The summed E-state index contributed by atoms with van der Waals surface area (Å²) in [6.45, 7) is 5.21. The first-order valence-electron chi connectivity index (χ1n) is 8.54. The highest BCUT2D eigenvalue weighted by molar-refractivity contribution is 5.97. The first-order chi connectivity index (χ1) is 12.0. The molecule has 25 heavy (non-hydrogen) atoms. The number of hydrogen-bond donors (Lipinski definition) is 1. The van der Waals surface area contributed by atoms with E-state index in [-0.39, 0.29) is 17.8 Å². The summed E-state index contributed by atoms with van der Waals surface area (Å²) >= 11 is 0. The van der Waals surface area contributed by atoms with Gasteiger partial charge in [-0.25, -0.2) is 4.39 Å². The Morgan fingerprint density at radius 3 is 2.88 bits per heavy atom. The van der Waals surface area contributed by atoms with Crippen LogP contribution in [-0.2, 0) is 6.42 Å². The first kappa shape index (κ1) is 17.4. The van der Waals surface area contributed by atoms with E-state index < -0.39 is 0 Å². The lowest BCUT2D eigenvalue weighted by atomic mass is 9.92. The molecule has 1 heterocycles. The minimum absolute atomic E-state index is 0.0990. The third kappa shape index (κ3) is 3.51. The van der Waals surface area contributed by atoms with Crippen molar-refractivity contribution >= 4 is 5.91 Å². The van der Waals surface area contributed by atoms with Crippen molar-refractivity contribution in [3.05, 3.63) is 64.5 Å². The molecule has 0 spiro atoms. The van der Waals surface area contributed by atoms with Crippen LogP contribution in [0.5, 0.6) is 5.75 Å². The lowest BCUT2D eigenvalue weighted by Crippen LogP contribution is -2.39. The fourth-order valence-corrected chi connectivity index (χ4v) is 3.32. The number of halogens is 1. The number of nitrogens with two attached hydrogens (primary N) is 1. The average molecular weight is 342 g/mol. The zero-order valence-electron chi connectivity index (χ0n) is 14.6. The Morgan fingerprint density at radius 1 is 1.32 bits per heavy atom. The van der Waals surface area contributed by atoms with Crippen LogP contribution in [0.1, 0.15) is 40.0 Å². The molecule has 0 aromatic heterocycles. The van der Waals surface area contributed by atoms with E-state index >= 15 is 0 Å². The maximum absolute atomic E-state index is 13.6. The molecule has 1 atom stereocenters. The predicted molar refractivity (Wildman–Crippen MR) is 95.3 cm³/mol. The molecule has 2 N–H and O–H groups in total. The second-order valence-electron chi connectivity index (χ2n) is 6.40. The molecule has 0 aliphatic carbocycles. The monoisotopic (exact) mass is 342 g/mol. The number of aryl methyl sites for hydroxylation is 1. The van der Waals surface area contributed by atoms with Gasteiger partial charge in [0.05, 0.1) is 11.6 Å². The fourth-order valence-electron chi connectivity index (χ4n) is 3.32. The third-order valence-corrected chi connectivity index (χ3v) is 4.65. The number of amides is 1. The molecule has 0 radical (unpaired) electrons. The van der Waals surface area contributed by atoms with Crippen LogP contribution in [0, 0.1) is 12.7 Å². The number of benzene rings is 2. The van der Waals surface area contributed by atoms with Crippen molar-refractivity contribution in [3.63, 3.8) is 0 Å². The summed E-state index contributed by atoms with van der Waals surface area (Å²) in [5.41, 5.74) is 8.99. The largest absolute Gasteiger partial charge is 0.491 e. The highest BCUT2D eigenvalue weighted by Gasteiger charge is 2.30. The van der Waals surface area contributed by atoms with Crippen LogP contribution in [0.25, 0.3) is 0 Å². The number of fused-ring (bicyclic) bond motifs is 1. The Kier molecular flexibility index (Phi) is 5.04. The molecule has 0 fully saturated rings. The van der Waals surface area contributed by atoms with E-state index in [9.17, 15) is 9.18 Å². The predicted octanol–water partition coefficient (Wildman–Crippen LogP) is 3.23. The lowest BCUT2D eigenvalue weighted by Gasteiger charge is -2.35. The van der Waals surface area contributed by atoms with Gasteiger partial charge in [0.25, 0.3) is 5.91 Å². The standard InChI is InChI=1S/C20H23FN2O2/c1-13-3-6-19(25-10-8-22)18(11-13)20(24)23-9-7-15-4-5-16(21)12-17(15)14(23)2/h3-6,11-12,14H,7-10,22H2,1-2H3/t14-/m1/s1. The van der Waals surface area contributed by atoms with Gasteiger partial charge >= 0.3 is 0 Å². The molecule has 2 aromatic rings. The van der Waals surface area contributed by atoms with Gasteiger partial charge in [-0.2, -0.15) is 0 Å². The summed E-state index contributed by atoms with van der Waals surface area (Å²) in [6.07, 6.45) is 0.719. The van der Waals surface area contributed by atoms with Crippen molar-refractivity contribution in [2.24, 2.45) is 5.73 Å². The number of carbonyl (C=O) groups is 1. The smallest absolute Gasteiger partial charge is 0.258 e. The van der Waals surface area contributed by atoms with Gasteiger partial charge in [0, 0.05) is 13.1 Å². The highest BCUT2D eigenvalue weighted by atomic mass is 19.1. The van der Waals surface area contributed by atoms with Gasteiger partial charge in [0.1, 0.15) is 18.2 Å². The quantitative estimate of drug-likeness (QED) is 0.928. The van der Waals surface area contributed by atoms with Crippen LogP contribution in [0.15, 0.2) is 36.4 Å². The van der Waals surface area contributed by atoms with Crippen LogP contribution in [0.3, 0.4) is 0 Å². The minimum Gasteiger partial charge on any atom is -0.491 e. The van der Waals surface area contributed by atoms with Crippen LogP contribution in [-0.4, -0.2) is 30.5 Å². The van der Waals surface area contributed by atoms with Crippen molar-refractivity contribution in [1.82, 2.24) is 4.90 Å². The molecular weight excluding hydrogens is 319 g/mol. The molecule has 3 rings (SSSR count). The zero-order chi connectivity index (χ0) is 18.0. The third-order valence-electron chi connectivity index (χ3n) is 4.65. The fraction of sp³-hybridized carbons (Fsp3) is 0.350. The van der Waals surface area contributed by atoms with E-state index in [0.29, 0.717) is 31.0 Å². The summed E-state index contributed by atoms with van der Waals surface area (Å²) in [7, 11) is 0. The van der Waals surface area contributed by atoms with Crippen molar-refractivity contribution in [3.8, 4) is 5.75 Å². The molecular formula is C20H23FN2O2. The van der Waals surface area contributed by atoms with Crippen molar-refractivity contribution in [2.75, 3.05) is 19.7 Å². The van der Waals surface area contributed by atoms with Crippen LogP contribution < -0.4 is 10.5 Å². The Hall–Kier alpha value is -2.40. The topological polar surface area (TPSA) is 55.6 Å². The summed E-state index contributed by atoms with van der Waals surface area (Å²) < 4.78 is 19.3. The van der Waals surface area contributed by atoms with E-state index in [1.807, 2.05) is 32.0 Å². The maximum Gasteiger partial charge on any atom is 0.258 e. The first-order valence-corrected chi connectivity index (χ1v) is 8.54. The van der Waals surface area contributed by atoms with E-state index in [1.54, 1.807) is 11.0 Å². The van der Waals surface area contributed by atoms with Crippen LogP contribution in [0.4, 0.5) is 4.39 Å². The SMILES string of the molecule is Cc1ccc(OCCN)c(C(=O)N2CCc3ccc(F)cc3[C@H]2C)c1. The number of hydrogen-bond acceptors (Lipinski definition) is 3. The van der Waals surface area contributed by atoms with Crippen molar-refractivity contribution in [2.45, 2.75) is 26.3 Å². The van der Waals surface area contributed by atoms with E-state index in [4.69, 9.17) is 10.5 Å². The van der Waals surface area contributed by atoms with Crippen LogP contribution >= 0.6 is 0 Å². The molecule has 1 amide bonds. The van der Waals surface area contributed by atoms with Crippen molar-refractivity contribution < 1.29 is 13.9 Å². The molecule has 0 bridgehead atoms. The lowest BCUT2D eigenvalue weighted by molar-refractivity contribution is 0.0673. The average Bonchev–Trinajstić information content (AvgIpc) is 2.61. The Morgan fingerprint density at radius 2 is 2.12 bits per heavy atom. The van der Waals surface area contributed by atoms with Gasteiger partial charge in [-0.3, -0.25) is 4.79 Å². The molecule has 0 unspecified atom stereocenters. The molecule has 2 aromatic carbocycles. The molecule has 132 valence electrons. The molecule has 5 heteroatoms. The van der Waals surface area contributed by atoms with Gasteiger partial charge in [-0.05, 0) is 55.7 Å². The Balaban J connectivity index is 1.92. The van der Waals surface area contributed by atoms with Crippen LogP contribution in [0.2, 0.25) is 0 Å². The van der Waals surface area contributed by atoms with Gasteiger partial charge in [-0.1, -0.05) is 17.7 Å². The number of nitrogens with zero attached hydrogens (tertiary/aromatic N) is 1. The second-order valence-corrected chi connectivity index (χ2v) is 6.40. The van der Waals surface area contributed by atoms with Crippen molar-refractivity contribution in [1.29, 1.82) is 0 Å². The minimum atomic E-state index is -0.276. The normalized spacial score (nSPS) is 16.5. The molecule has 1 aliphatic rings. The molecule has 1 aliphatic heterocycles. The number of rotatable bonds is 4. The van der Waals surface area contributed by atoms with Gasteiger partial charge in [0.2, 0.25) is 0 Å². The highest BCUT2D eigenvalue weighted by Crippen LogP contribution is 2.33. The van der Waals surface area contributed by atoms with E-state index in [1.165, 1.54) is 12.1 Å². The van der Waals surface area contributed by atoms with Gasteiger partial charge in [0.15, 0.2) is 0 Å². The summed E-state index contributed by atoms with van der Waals surface area (Å²) in [5.74, 6) is 0.166. The Bertz CT molecular complexity index is 791. The summed E-state index contributed by atoms with van der Waals surface area (Å²) in [6, 6.07) is 10.2. The van der Waals surface area contributed by atoms with Gasteiger partial charge < -0.3 is 15.4 Å². The molecule has 0 saturated heterocycles. The number of ether oxygens (including phenoxy) is 1. The zero-order valence-corrected chi connectivity index (χ0v) is 14.6.